The van der Waals surface area contributed by atoms with Gasteiger partial charge in [0.2, 0.25) is 0 Å². The minimum absolute atomic E-state index is 0.119. The molecule has 1 saturated carbocycles. The number of benzene rings is 3. The van der Waals surface area contributed by atoms with Crippen LogP contribution in [0.25, 0.3) is 28.0 Å². The topological polar surface area (TPSA) is 0 Å². The van der Waals surface area contributed by atoms with Gasteiger partial charge in [-0.3, -0.25) is 0 Å². The molecule has 3 aromatic rings. The molecule has 0 nitrogen and oxygen atoms in total. The van der Waals surface area contributed by atoms with E-state index >= 15 is 8.78 Å². The van der Waals surface area contributed by atoms with Gasteiger partial charge < -0.3 is 0 Å². The molecule has 0 spiro atoms. The second-order valence-corrected chi connectivity index (χ2v) is 10.1. The molecular weight excluding hydrogens is 467 g/mol. The van der Waals surface area contributed by atoms with Crippen molar-refractivity contribution >= 4 is 16.8 Å². The highest BCUT2D eigenvalue weighted by Crippen LogP contribution is 2.40. The molecule has 36 heavy (non-hydrogen) atoms. The monoisotopic (exact) mass is 500 g/mol. The minimum Gasteiger partial charge on any atom is -0.206 e. The van der Waals surface area contributed by atoms with Gasteiger partial charge in [0.1, 0.15) is 17.5 Å². The van der Waals surface area contributed by atoms with Gasteiger partial charge in [0.05, 0.1) is 5.56 Å². The fourth-order valence-corrected chi connectivity index (χ4v) is 5.62. The number of unbranched alkanes of at least 4 members (excludes halogenated alkanes) is 4. The first-order valence-electron chi connectivity index (χ1n) is 13.1. The molecule has 4 rings (SSSR count). The lowest BCUT2D eigenvalue weighted by Crippen LogP contribution is -2.14. The van der Waals surface area contributed by atoms with Gasteiger partial charge in [-0.2, -0.15) is 8.78 Å². The molecule has 0 atom stereocenters. The highest BCUT2D eigenvalue weighted by Gasteiger charge is 2.24. The molecule has 3 aromatic carbocycles. The standard InChI is InChI=1S/C31H33F5/c1-2-3-4-5-6-7-20-8-10-21(11-9-20)25-17-27(32)30(28(33)18-25)23-14-15-26-22(16-23)12-13-24(31(26)36)19-29(34)35/h12-21H,2-11H2,1H3. The molecule has 0 aromatic heterocycles. The summed E-state index contributed by atoms with van der Waals surface area (Å²) in [6.45, 7) is 2.22. The summed E-state index contributed by atoms with van der Waals surface area (Å²) in [5, 5.41) is 0.505. The maximum Gasteiger partial charge on any atom is 0.271 e. The fraction of sp³-hybridized carbons (Fsp3) is 0.419. The van der Waals surface area contributed by atoms with Crippen LogP contribution in [0.5, 0.6) is 0 Å². The van der Waals surface area contributed by atoms with Gasteiger partial charge in [0, 0.05) is 17.0 Å². The SMILES string of the molecule is CCCCCCCC1CCC(c2cc(F)c(-c3ccc4c(F)c(C=C(F)F)ccc4c3)c(F)c2)CC1. The molecule has 5 heteroatoms. The Morgan fingerprint density at radius 3 is 2.19 bits per heavy atom. The first kappa shape index (κ1) is 26.4. The average molecular weight is 501 g/mol. The molecule has 192 valence electrons. The van der Waals surface area contributed by atoms with E-state index in [0.717, 1.165) is 25.7 Å². The second-order valence-electron chi connectivity index (χ2n) is 10.1. The summed E-state index contributed by atoms with van der Waals surface area (Å²) in [6.07, 6.45) is 10.2. The molecule has 0 aliphatic heterocycles. The molecule has 0 radical (unpaired) electrons. The van der Waals surface area contributed by atoms with Crippen LogP contribution in [0.1, 0.15) is 88.2 Å². The van der Waals surface area contributed by atoms with Gasteiger partial charge in [0.15, 0.2) is 0 Å². The molecule has 1 fully saturated rings. The van der Waals surface area contributed by atoms with Crippen molar-refractivity contribution in [1.29, 1.82) is 0 Å². The Balaban J connectivity index is 1.47. The number of fused-ring (bicyclic) bond motifs is 1. The Kier molecular flexibility index (Phi) is 8.81. The molecule has 0 amide bonds. The van der Waals surface area contributed by atoms with Gasteiger partial charge in [-0.25, -0.2) is 13.2 Å². The third-order valence-electron chi connectivity index (χ3n) is 7.64. The molecule has 0 bridgehead atoms. The Morgan fingerprint density at radius 2 is 1.53 bits per heavy atom. The van der Waals surface area contributed by atoms with E-state index in [0.29, 0.717) is 22.9 Å². The van der Waals surface area contributed by atoms with Crippen LogP contribution in [0, 0.1) is 23.4 Å². The quantitative estimate of drug-likeness (QED) is 0.202. The normalized spacial score (nSPS) is 17.9. The van der Waals surface area contributed by atoms with E-state index in [-0.39, 0.29) is 28.0 Å². The van der Waals surface area contributed by atoms with E-state index in [2.05, 4.69) is 6.92 Å². The Labute approximate surface area is 210 Å². The van der Waals surface area contributed by atoms with Crippen molar-refractivity contribution in [3.63, 3.8) is 0 Å². The molecule has 0 heterocycles. The van der Waals surface area contributed by atoms with Gasteiger partial charge >= 0.3 is 0 Å². The fourth-order valence-electron chi connectivity index (χ4n) is 5.62. The number of rotatable bonds is 9. The van der Waals surface area contributed by atoms with E-state index in [1.54, 1.807) is 0 Å². The Hall–Kier alpha value is -2.69. The van der Waals surface area contributed by atoms with Crippen LogP contribution in [-0.4, -0.2) is 0 Å². The number of hydrogen-bond acceptors (Lipinski definition) is 0. The zero-order chi connectivity index (χ0) is 25.7. The number of hydrogen-bond donors (Lipinski definition) is 0. The van der Waals surface area contributed by atoms with Crippen LogP contribution in [0.4, 0.5) is 22.0 Å². The van der Waals surface area contributed by atoms with E-state index in [9.17, 15) is 13.2 Å². The van der Waals surface area contributed by atoms with Crippen molar-refractivity contribution in [3.8, 4) is 11.1 Å². The maximum atomic E-state index is 15.2. The first-order valence-corrected chi connectivity index (χ1v) is 13.1. The van der Waals surface area contributed by atoms with Crippen LogP contribution in [0.3, 0.4) is 0 Å². The summed E-state index contributed by atoms with van der Waals surface area (Å²) in [5.74, 6) is -1.19. The van der Waals surface area contributed by atoms with E-state index in [4.69, 9.17) is 0 Å². The van der Waals surface area contributed by atoms with Gasteiger partial charge in [-0.05, 0) is 72.2 Å². The third kappa shape index (κ3) is 6.16. The minimum atomic E-state index is -2.00. The zero-order valence-corrected chi connectivity index (χ0v) is 20.7. The van der Waals surface area contributed by atoms with Crippen molar-refractivity contribution < 1.29 is 22.0 Å². The van der Waals surface area contributed by atoms with Crippen LogP contribution in [0.2, 0.25) is 0 Å². The van der Waals surface area contributed by atoms with Gasteiger partial charge in [0.25, 0.3) is 6.08 Å². The smallest absolute Gasteiger partial charge is 0.206 e. The number of halogens is 5. The third-order valence-corrected chi connectivity index (χ3v) is 7.64. The van der Waals surface area contributed by atoms with E-state index in [1.807, 2.05) is 0 Å². The van der Waals surface area contributed by atoms with Crippen molar-refractivity contribution in [2.24, 2.45) is 5.92 Å². The second kappa shape index (κ2) is 12.0. The molecule has 0 N–H and O–H groups in total. The summed E-state index contributed by atoms with van der Waals surface area (Å²) in [4.78, 5) is 0. The predicted octanol–water partition coefficient (Wildman–Crippen LogP) is 10.8. The molecule has 0 saturated heterocycles. The first-order chi connectivity index (χ1) is 17.4. The largest absolute Gasteiger partial charge is 0.271 e. The predicted molar refractivity (Wildman–Crippen MR) is 138 cm³/mol. The van der Waals surface area contributed by atoms with Crippen LogP contribution < -0.4 is 0 Å². The van der Waals surface area contributed by atoms with E-state index < -0.39 is 23.5 Å². The zero-order valence-electron chi connectivity index (χ0n) is 20.7. The summed E-state index contributed by atoms with van der Waals surface area (Å²) in [6, 6.07) is 9.89. The van der Waals surface area contributed by atoms with Crippen LogP contribution >= 0.6 is 0 Å². The lowest BCUT2D eigenvalue weighted by Gasteiger charge is -2.29. The Bertz CT molecular complexity index is 1190. The van der Waals surface area contributed by atoms with Crippen molar-refractivity contribution in [3.05, 3.63) is 77.1 Å². The van der Waals surface area contributed by atoms with Crippen molar-refractivity contribution in [2.45, 2.75) is 77.0 Å². The molecule has 0 unspecified atom stereocenters. The average Bonchev–Trinajstić information content (AvgIpc) is 2.85. The molecule has 1 aliphatic carbocycles. The lowest BCUT2D eigenvalue weighted by atomic mass is 9.76. The maximum absolute atomic E-state index is 15.2. The summed E-state index contributed by atoms with van der Waals surface area (Å²) >= 11 is 0. The van der Waals surface area contributed by atoms with Crippen LogP contribution in [0.15, 0.2) is 48.5 Å². The summed E-state index contributed by atoms with van der Waals surface area (Å²) in [5.41, 5.74) is 0.602. The van der Waals surface area contributed by atoms with Crippen molar-refractivity contribution in [2.75, 3.05) is 0 Å². The highest BCUT2D eigenvalue weighted by molar-refractivity contribution is 5.89. The van der Waals surface area contributed by atoms with Crippen molar-refractivity contribution in [1.82, 2.24) is 0 Å². The Morgan fingerprint density at radius 1 is 0.833 bits per heavy atom. The van der Waals surface area contributed by atoms with Gasteiger partial charge in [-0.1, -0.05) is 69.7 Å². The highest BCUT2D eigenvalue weighted by atomic mass is 19.3. The lowest BCUT2D eigenvalue weighted by molar-refractivity contribution is 0.301. The van der Waals surface area contributed by atoms with E-state index in [1.165, 1.54) is 81.0 Å². The molecule has 1 aliphatic rings. The summed E-state index contributed by atoms with van der Waals surface area (Å²) < 4.78 is 70.1. The van der Waals surface area contributed by atoms with Crippen LogP contribution in [-0.2, 0) is 0 Å². The van der Waals surface area contributed by atoms with Gasteiger partial charge in [-0.15, -0.1) is 0 Å². The summed E-state index contributed by atoms with van der Waals surface area (Å²) in [7, 11) is 0. The molecular formula is C31H33F5.